The number of halogens is 1. The highest BCUT2D eigenvalue weighted by atomic mass is 35.5. The first-order chi connectivity index (χ1) is 8.51. The molecule has 4 nitrogen and oxygen atoms in total. The molecule has 18 heavy (non-hydrogen) atoms. The van der Waals surface area contributed by atoms with Gasteiger partial charge in [-0.05, 0) is 24.2 Å². The molecule has 1 aromatic rings. The number of nitrogens with zero attached hydrogens (tertiary/aromatic N) is 1. The van der Waals surface area contributed by atoms with Gasteiger partial charge in [-0.3, -0.25) is 4.79 Å². The second-order valence-corrected chi connectivity index (χ2v) is 4.87. The molecule has 0 saturated heterocycles. The SMILES string of the molecule is CC(=O)CC(Cl)C1(C)ON=C(c2ccccc2)O1. The van der Waals surface area contributed by atoms with Crippen molar-refractivity contribution in [3.63, 3.8) is 0 Å². The maximum Gasteiger partial charge on any atom is 0.291 e. The third-order valence-electron chi connectivity index (χ3n) is 2.67. The molecule has 0 aromatic heterocycles. The first kappa shape index (κ1) is 12.9. The number of carbonyl (C=O) groups excluding carboxylic acids is 1. The van der Waals surface area contributed by atoms with Crippen molar-refractivity contribution in [3.8, 4) is 0 Å². The Labute approximate surface area is 111 Å². The Kier molecular flexibility index (Phi) is 3.57. The molecule has 0 spiro atoms. The van der Waals surface area contributed by atoms with Crippen LogP contribution in [-0.2, 0) is 14.4 Å². The highest BCUT2D eigenvalue weighted by Gasteiger charge is 2.44. The Morgan fingerprint density at radius 1 is 1.44 bits per heavy atom. The minimum absolute atomic E-state index is 0.0170. The number of ether oxygens (including phenoxy) is 1. The number of hydrogen-bond acceptors (Lipinski definition) is 4. The molecule has 0 bridgehead atoms. The number of benzene rings is 1. The van der Waals surface area contributed by atoms with Crippen LogP contribution in [0.15, 0.2) is 35.5 Å². The van der Waals surface area contributed by atoms with E-state index in [0.29, 0.717) is 5.90 Å². The van der Waals surface area contributed by atoms with Gasteiger partial charge in [0.05, 0.1) is 0 Å². The smallest absolute Gasteiger partial charge is 0.291 e. The van der Waals surface area contributed by atoms with Crippen LogP contribution in [0.2, 0.25) is 0 Å². The summed E-state index contributed by atoms with van der Waals surface area (Å²) in [6, 6.07) is 9.39. The van der Waals surface area contributed by atoms with E-state index < -0.39 is 11.2 Å². The zero-order chi connectivity index (χ0) is 13.2. The van der Waals surface area contributed by atoms with Gasteiger partial charge >= 0.3 is 0 Å². The third kappa shape index (κ3) is 2.64. The second-order valence-electron chi connectivity index (χ2n) is 4.35. The van der Waals surface area contributed by atoms with Crippen LogP contribution in [0.1, 0.15) is 25.8 Å². The number of carbonyl (C=O) groups is 1. The summed E-state index contributed by atoms with van der Waals surface area (Å²) in [4.78, 5) is 16.3. The quantitative estimate of drug-likeness (QED) is 0.788. The molecule has 0 aliphatic carbocycles. The number of alkyl halides is 1. The predicted molar refractivity (Wildman–Crippen MR) is 68.5 cm³/mol. The predicted octanol–water partition coefficient (Wildman–Crippen LogP) is 2.70. The average Bonchev–Trinajstić information content (AvgIpc) is 2.74. The zero-order valence-corrected chi connectivity index (χ0v) is 11.0. The van der Waals surface area contributed by atoms with Crippen molar-refractivity contribution in [2.75, 3.05) is 0 Å². The largest absolute Gasteiger partial charge is 0.429 e. The van der Waals surface area contributed by atoms with Crippen LogP contribution in [-0.4, -0.2) is 22.8 Å². The van der Waals surface area contributed by atoms with Crippen LogP contribution in [0.25, 0.3) is 0 Å². The molecule has 0 fully saturated rings. The average molecular weight is 268 g/mol. The lowest BCUT2D eigenvalue weighted by Gasteiger charge is -2.25. The Hall–Kier alpha value is -1.55. The van der Waals surface area contributed by atoms with E-state index >= 15 is 0 Å². The fourth-order valence-electron chi connectivity index (χ4n) is 1.61. The molecular weight excluding hydrogens is 254 g/mol. The fraction of sp³-hybridized carbons (Fsp3) is 0.385. The summed E-state index contributed by atoms with van der Waals surface area (Å²) in [6.07, 6.45) is 0.176. The molecule has 2 atom stereocenters. The molecule has 1 aliphatic rings. The Morgan fingerprint density at radius 2 is 2.11 bits per heavy atom. The van der Waals surface area contributed by atoms with E-state index in [9.17, 15) is 4.79 Å². The summed E-state index contributed by atoms with van der Waals surface area (Å²) < 4.78 is 5.64. The van der Waals surface area contributed by atoms with Crippen molar-refractivity contribution < 1.29 is 14.4 Å². The minimum Gasteiger partial charge on any atom is -0.429 e. The van der Waals surface area contributed by atoms with E-state index in [0.717, 1.165) is 5.56 Å². The van der Waals surface area contributed by atoms with Gasteiger partial charge in [-0.1, -0.05) is 18.2 Å². The van der Waals surface area contributed by atoms with Gasteiger partial charge in [0.25, 0.3) is 11.7 Å². The van der Waals surface area contributed by atoms with Gasteiger partial charge < -0.3 is 9.57 Å². The first-order valence-corrected chi connectivity index (χ1v) is 6.09. The van der Waals surface area contributed by atoms with E-state index in [2.05, 4.69) is 5.16 Å². The third-order valence-corrected chi connectivity index (χ3v) is 3.22. The number of oxime groups is 1. The van der Waals surface area contributed by atoms with Crippen LogP contribution in [0, 0.1) is 0 Å². The zero-order valence-electron chi connectivity index (χ0n) is 10.2. The lowest BCUT2D eigenvalue weighted by Crippen LogP contribution is -2.39. The van der Waals surface area contributed by atoms with E-state index in [-0.39, 0.29) is 12.2 Å². The second kappa shape index (κ2) is 4.98. The molecule has 2 unspecified atom stereocenters. The maximum absolute atomic E-state index is 11.1. The molecule has 1 heterocycles. The van der Waals surface area contributed by atoms with Crippen molar-refractivity contribution >= 4 is 23.3 Å². The Bertz CT molecular complexity index is 474. The van der Waals surface area contributed by atoms with Gasteiger partial charge in [0, 0.05) is 18.9 Å². The maximum atomic E-state index is 11.1. The van der Waals surface area contributed by atoms with Crippen LogP contribution < -0.4 is 0 Å². The van der Waals surface area contributed by atoms with E-state index in [1.807, 2.05) is 30.3 Å². The van der Waals surface area contributed by atoms with Gasteiger partial charge in [0.1, 0.15) is 11.2 Å². The van der Waals surface area contributed by atoms with Gasteiger partial charge in [0.2, 0.25) is 0 Å². The molecule has 96 valence electrons. The summed E-state index contributed by atoms with van der Waals surface area (Å²) >= 11 is 6.13. The van der Waals surface area contributed by atoms with Crippen molar-refractivity contribution in [2.24, 2.45) is 5.16 Å². The summed E-state index contributed by atoms with van der Waals surface area (Å²) in [6.45, 7) is 3.15. The molecule has 0 saturated carbocycles. The Balaban J connectivity index is 2.08. The molecule has 0 N–H and O–H groups in total. The molecule has 5 heteroatoms. The highest BCUT2D eigenvalue weighted by Crippen LogP contribution is 2.31. The highest BCUT2D eigenvalue weighted by molar-refractivity contribution is 6.22. The van der Waals surface area contributed by atoms with Crippen LogP contribution >= 0.6 is 11.6 Å². The number of ketones is 1. The topological polar surface area (TPSA) is 47.9 Å². The first-order valence-electron chi connectivity index (χ1n) is 5.65. The van der Waals surface area contributed by atoms with E-state index in [1.165, 1.54) is 6.92 Å². The molecule has 1 aliphatic heterocycles. The van der Waals surface area contributed by atoms with E-state index in [4.69, 9.17) is 21.2 Å². The summed E-state index contributed by atoms with van der Waals surface area (Å²) in [7, 11) is 0. The van der Waals surface area contributed by atoms with Gasteiger partial charge in [0.15, 0.2) is 0 Å². The van der Waals surface area contributed by atoms with Crippen LogP contribution in [0.4, 0.5) is 0 Å². The summed E-state index contributed by atoms with van der Waals surface area (Å²) in [5.74, 6) is -0.734. The van der Waals surface area contributed by atoms with Crippen LogP contribution in [0.5, 0.6) is 0 Å². The van der Waals surface area contributed by atoms with Crippen molar-refractivity contribution in [2.45, 2.75) is 31.4 Å². The molecule has 2 rings (SSSR count). The molecule has 1 aromatic carbocycles. The number of rotatable bonds is 4. The number of Topliss-reactive ketones (excluding diaryl/α,β-unsaturated/α-hetero) is 1. The monoisotopic (exact) mass is 267 g/mol. The summed E-state index contributed by atoms with van der Waals surface area (Å²) in [5.41, 5.74) is 0.813. The van der Waals surface area contributed by atoms with Crippen molar-refractivity contribution in [1.29, 1.82) is 0 Å². The van der Waals surface area contributed by atoms with Gasteiger partial charge in [-0.2, -0.15) is 0 Å². The normalized spacial score (nSPS) is 23.8. The van der Waals surface area contributed by atoms with Crippen LogP contribution in [0.3, 0.4) is 0 Å². The Morgan fingerprint density at radius 3 is 2.72 bits per heavy atom. The lowest BCUT2D eigenvalue weighted by atomic mass is 10.1. The molecular formula is C13H14ClNO3. The summed E-state index contributed by atoms with van der Waals surface area (Å²) in [5, 5.41) is 3.30. The van der Waals surface area contributed by atoms with Crippen molar-refractivity contribution in [3.05, 3.63) is 35.9 Å². The lowest BCUT2D eigenvalue weighted by molar-refractivity contribution is -0.150. The standard InChI is InChI=1S/C13H14ClNO3/c1-9(16)8-11(14)13(2)17-12(15-18-13)10-6-4-3-5-7-10/h3-7,11H,8H2,1-2H3. The minimum atomic E-state index is -1.10. The number of hydrogen-bond donors (Lipinski definition) is 0. The van der Waals surface area contributed by atoms with Gasteiger partial charge in [-0.25, -0.2) is 0 Å². The van der Waals surface area contributed by atoms with E-state index in [1.54, 1.807) is 6.92 Å². The van der Waals surface area contributed by atoms with Gasteiger partial charge in [-0.15, -0.1) is 11.6 Å². The fourth-order valence-corrected chi connectivity index (χ4v) is 1.91. The molecule has 0 amide bonds. The molecule has 0 radical (unpaired) electrons. The van der Waals surface area contributed by atoms with Crippen molar-refractivity contribution in [1.82, 2.24) is 0 Å².